The maximum absolute atomic E-state index is 12.0. The predicted molar refractivity (Wildman–Crippen MR) is 68.1 cm³/mol. The van der Waals surface area contributed by atoms with Crippen LogP contribution in [-0.4, -0.2) is 23.8 Å². The van der Waals surface area contributed by atoms with E-state index in [4.69, 9.17) is 0 Å². The highest BCUT2D eigenvalue weighted by atomic mass is 16.1. The largest absolute Gasteiger partial charge is 0.296 e. The molecular formula is C15H19NO. The van der Waals surface area contributed by atoms with Gasteiger partial charge in [0.25, 0.3) is 0 Å². The molecule has 1 unspecified atom stereocenters. The highest BCUT2D eigenvalue weighted by molar-refractivity contribution is 6.01. The number of carbonyl (C=O) groups is 1. The summed E-state index contributed by atoms with van der Waals surface area (Å²) < 4.78 is 0. The van der Waals surface area contributed by atoms with Gasteiger partial charge in [0.1, 0.15) is 0 Å². The molecule has 2 aliphatic rings. The molecular weight excluding hydrogens is 210 g/mol. The third kappa shape index (κ3) is 1.81. The lowest BCUT2D eigenvalue weighted by atomic mass is 10.1. The highest BCUT2D eigenvalue weighted by Crippen LogP contribution is 2.38. The Balaban J connectivity index is 1.88. The van der Waals surface area contributed by atoms with Gasteiger partial charge in [-0.25, -0.2) is 0 Å². The number of hydrogen-bond acceptors (Lipinski definition) is 2. The van der Waals surface area contributed by atoms with Crippen molar-refractivity contribution >= 4 is 5.78 Å². The van der Waals surface area contributed by atoms with E-state index in [9.17, 15) is 4.79 Å². The average molecular weight is 229 g/mol. The predicted octanol–water partition coefficient (Wildman–Crippen LogP) is 3.19. The minimum absolute atomic E-state index is 0.315. The quantitative estimate of drug-likeness (QED) is 0.776. The van der Waals surface area contributed by atoms with Gasteiger partial charge in [-0.3, -0.25) is 9.69 Å². The average Bonchev–Trinajstić information content (AvgIpc) is 2.97. The highest BCUT2D eigenvalue weighted by Gasteiger charge is 2.34. The van der Waals surface area contributed by atoms with E-state index in [0.717, 1.165) is 5.56 Å². The molecule has 0 spiro atoms. The molecule has 1 saturated carbocycles. The zero-order valence-electron chi connectivity index (χ0n) is 10.4. The number of hydrogen-bond donors (Lipinski definition) is 0. The third-order valence-corrected chi connectivity index (χ3v) is 4.39. The van der Waals surface area contributed by atoms with Gasteiger partial charge in [0, 0.05) is 24.1 Å². The zero-order valence-corrected chi connectivity index (χ0v) is 10.4. The summed E-state index contributed by atoms with van der Waals surface area (Å²) in [6, 6.07) is 9.11. The number of fused-ring (bicyclic) bond motifs is 1. The SMILES string of the molecule is CN(C1CCCC1)C1CC(=O)c2ccccc21. The van der Waals surface area contributed by atoms with E-state index in [1.54, 1.807) is 0 Å². The molecule has 0 aromatic heterocycles. The number of benzene rings is 1. The Morgan fingerprint density at radius 2 is 1.88 bits per heavy atom. The van der Waals surface area contributed by atoms with Gasteiger partial charge in [-0.15, -0.1) is 0 Å². The lowest BCUT2D eigenvalue weighted by Crippen LogP contribution is -2.32. The van der Waals surface area contributed by atoms with Crippen molar-refractivity contribution in [2.75, 3.05) is 7.05 Å². The van der Waals surface area contributed by atoms with Crippen LogP contribution in [0.3, 0.4) is 0 Å². The lowest BCUT2D eigenvalue weighted by Gasteiger charge is -2.30. The summed E-state index contributed by atoms with van der Waals surface area (Å²) in [6.07, 6.45) is 5.95. The van der Waals surface area contributed by atoms with Crippen LogP contribution < -0.4 is 0 Å². The monoisotopic (exact) mass is 229 g/mol. The van der Waals surface area contributed by atoms with Gasteiger partial charge >= 0.3 is 0 Å². The first-order valence-electron chi connectivity index (χ1n) is 6.61. The Morgan fingerprint density at radius 1 is 1.18 bits per heavy atom. The summed E-state index contributed by atoms with van der Waals surface area (Å²) in [7, 11) is 2.19. The third-order valence-electron chi connectivity index (χ3n) is 4.39. The van der Waals surface area contributed by atoms with E-state index in [-0.39, 0.29) is 0 Å². The number of nitrogens with zero attached hydrogens (tertiary/aromatic N) is 1. The Hall–Kier alpha value is -1.15. The number of rotatable bonds is 2. The van der Waals surface area contributed by atoms with Crippen LogP contribution in [-0.2, 0) is 0 Å². The smallest absolute Gasteiger partial charge is 0.165 e. The van der Waals surface area contributed by atoms with E-state index in [2.05, 4.69) is 18.0 Å². The van der Waals surface area contributed by atoms with Crippen LogP contribution >= 0.6 is 0 Å². The number of carbonyl (C=O) groups excluding carboxylic acids is 1. The molecule has 0 saturated heterocycles. The molecule has 2 heteroatoms. The first-order chi connectivity index (χ1) is 8.27. The minimum atomic E-state index is 0.315. The molecule has 2 nitrogen and oxygen atoms in total. The Labute approximate surface area is 103 Å². The summed E-state index contributed by atoms with van der Waals surface area (Å²) in [5, 5.41) is 0. The Morgan fingerprint density at radius 3 is 2.65 bits per heavy atom. The fraction of sp³-hybridized carbons (Fsp3) is 0.533. The van der Waals surface area contributed by atoms with Gasteiger partial charge in [0.15, 0.2) is 5.78 Å². The van der Waals surface area contributed by atoms with Crippen molar-refractivity contribution in [2.24, 2.45) is 0 Å². The van der Waals surface area contributed by atoms with Gasteiger partial charge < -0.3 is 0 Å². The van der Waals surface area contributed by atoms with Gasteiger partial charge in [-0.1, -0.05) is 37.1 Å². The molecule has 0 heterocycles. The minimum Gasteiger partial charge on any atom is -0.296 e. The maximum Gasteiger partial charge on any atom is 0.165 e. The second kappa shape index (κ2) is 4.26. The molecule has 0 amide bonds. The lowest BCUT2D eigenvalue weighted by molar-refractivity contribution is 0.0944. The van der Waals surface area contributed by atoms with E-state index in [1.165, 1.54) is 31.2 Å². The van der Waals surface area contributed by atoms with Crippen LogP contribution in [0.15, 0.2) is 24.3 Å². The van der Waals surface area contributed by atoms with E-state index in [0.29, 0.717) is 24.3 Å². The molecule has 0 aliphatic heterocycles. The summed E-state index contributed by atoms with van der Waals surface area (Å²) in [5.74, 6) is 0.315. The number of Topliss-reactive ketones (excluding diaryl/α,β-unsaturated/α-hetero) is 1. The molecule has 3 rings (SSSR count). The van der Waals surface area contributed by atoms with Crippen LogP contribution in [0, 0.1) is 0 Å². The molecule has 0 radical (unpaired) electrons. The van der Waals surface area contributed by atoms with Gasteiger partial charge in [0.2, 0.25) is 0 Å². The topological polar surface area (TPSA) is 20.3 Å². The Bertz CT molecular complexity index is 434. The van der Waals surface area contributed by atoms with Crippen molar-refractivity contribution in [3.05, 3.63) is 35.4 Å². The van der Waals surface area contributed by atoms with Crippen LogP contribution in [0.2, 0.25) is 0 Å². The molecule has 90 valence electrons. The van der Waals surface area contributed by atoms with E-state index in [1.807, 2.05) is 18.2 Å². The van der Waals surface area contributed by atoms with Crippen LogP contribution in [0.5, 0.6) is 0 Å². The second-order valence-electron chi connectivity index (χ2n) is 5.33. The number of ketones is 1. The maximum atomic E-state index is 12.0. The molecule has 0 N–H and O–H groups in total. The van der Waals surface area contributed by atoms with Gasteiger partial charge in [-0.05, 0) is 25.5 Å². The van der Waals surface area contributed by atoms with Crippen molar-refractivity contribution in [3.8, 4) is 0 Å². The molecule has 1 atom stereocenters. The van der Waals surface area contributed by atoms with Crippen LogP contribution in [0.4, 0.5) is 0 Å². The normalized spacial score (nSPS) is 24.6. The van der Waals surface area contributed by atoms with Crippen molar-refractivity contribution in [1.82, 2.24) is 4.90 Å². The standard InChI is InChI=1S/C15H19NO/c1-16(11-6-2-3-7-11)14-10-15(17)13-9-5-4-8-12(13)14/h4-5,8-9,11,14H,2-3,6-7,10H2,1H3. The van der Waals surface area contributed by atoms with Crippen molar-refractivity contribution in [2.45, 2.75) is 44.2 Å². The molecule has 2 aliphatic carbocycles. The Kier molecular flexibility index (Phi) is 2.75. The fourth-order valence-corrected chi connectivity index (χ4v) is 3.37. The summed E-state index contributed by atoms with van der Waals surface area (Å²) in [5.41, 5.74) is 2.19. The fourth-order valence-electron chi connectivity index (χ4n) is 3.37. The van der Waals surface area contributed by atoms with Gasteiger partial charge in [-0.2, -0.15) is 0 Å². The first kappa shape index (κ1) is 11.0. The van der Waals surface area contributed by atoms with E-state index >= 15 is 0 Å². The summed E-state index contributed by atoms with van der Waals surface area (Å²) in [6.45, 7) is 0. The van der Waals surface area contributed by atoms with Crippen molar-refractivity contribution in [1.29, 1.82) is 0 Å². The molecule has 1 aromatic carbocycles. The summed E-state index contributed by atoms with van der Waals surface area (Å²) >= 11 is 0. The van der Waals surface area contributed by atoms with Crippen molar-refractivity contribution in [3.63, 3.8) is 0 Å². The molecule has 0 bridgehead atoms. The van der Waals surface area contributed by atoms with Crippen LogP contribution in [0.1, 0.15) is 54.1 Å². The molecule has 1 fully saturated rings. The second-order valence-corrected chi connectivity index (χ2v) is 5.33. The molecule has 17 heavy (non-hydrogen) atoms. The molecule has 1 aromatic rings. The van der Waals surface area contributed by atoms with Gasteiger partial charge in [0.05, 0.1) is 0 Å². The zero-order chi connectivity index (χ0) is 11.8. The van der Waals surface area contributed by atoms with E-state index < -0.39 is 0 Å². The first-order valence-corrected chi connectivity index (χ1v) is 6.61. The van der Waals surface area contributed by atoms with Crippen molar-refractivity contribution < 1.29 is 4.79 Å². The summed E-state index contributed by atoms with van der Waals surface area (Å²) in [4.78, 5) is 14.4. The van der Waals surface area contributed by atoms with Crippen LogP contribution in [0.25, 0.3) is 0 Å².